The molecule has 5 nitrogen and oxygen atoms in total. The van der Waals surface area contributed by atoms with E-state index in [1.54, 1.807) is 6.20 Å². The van der Waals surface area contributed by atoms with E-state index in [4.69, 9.17) is 11.1 Å². The molecule has 0 radical (unpaired) electrons. The monoisotopic (exact) mass is 1120 g/mol. The Bertz CT molecular complexity index is 4150. The molecule has 0 aliphatic carbocycles. The van der Waals surface area contributed by atoms with Crippen LogP contribution in [-0.4, -0.2) is 14.1 Å². The number of anilines is 2. The molecule has 360 valence electrons. The Kier molecular flexibility index (Phi) is 10.9. The van der Waals surface area contributed by atoms with Gasteiger partial charge in [0.05, 0.1) is 0 Å². The van der Waals surface area contributed by atoms with Gasteiger partial charge in [0.25, 0.3) is 0 Å². The Hall–Kier alpha value is -7.33. The summed E-state index contributed by atoms with van der Waals surface area (Å²) in [5.74, 6) is 0.977. The molecule has 0 saturated heterocycles. The van der Waals surface area contributed by atoms with Crippen molar-refractivity contribution in [2.24, 2.45) is 5.41 Å². The number of para-hydroxylation sites is 3. The number of rotatable bonds is 7. The average Bonchev–Trinajstić information content (AvgIpc) is 3.97. The van der Waals surface area contributed by atoms with Gasteiger partial charge in [-0.1, -0.05) is 182 Å². The normalized spacial score (nSPS) is 13.6. The summed E-state index contributed by atoms with van der Waals surface area (Å²) in [5.41, 5.74) is 9.25. The maximum atomic E-state index is 9.57. The molecule has 12 rings (SSSR count). The fraction of sp³-hybridized carbons (Fsp3) is 0.182. The fourth-order valence-electron chi connectivity index (χ4n) is 10.5. The summed E-state index contributed by atoms with van der Waals surface area (Å²) in [6.45, 7) is 18.5. The maximum Gasteiger partial charge on any atom is 0.135 e. The molecule has 4 heterocycles. The van der Waals surface area contributed by atoms with E-state index in [0.29, 0.717) is 22.9 Å². The first-order chi connectivity index (χ1) is 35.3. The van der Waals surface area contributed by atoms with E-state index in [9.17, 15) is 2.74 Å². The van der Waals surface area contributed by atoms with Crippen molar-refractivity contribution >= 4 is 76.5 Å². The number of nitrogens with zero attached hydrogens (tertiary/aromatic N) is 4. The minimum atomic E-state index is -1.62. The van der Waals surface area contributed by atoms with Gasteiger partial charge >= 0.3 is 0 Å². The molecule has 3 aromatic heterocycles. The number of ether oxygens (including phenoxy) is 1. The second-order valence-corrected chi connectivity index (χ2v) is 21.1. The molecule has 11 aromatic rings. The van der Waals surface area contributed by atoms with Crippen LogP contribution in [0.2, 0.25) is 0 Å². The molecule has 1 aliphatic heterocycles. The van der Waals surface area contributed by atoms with Crippen LogP contribution in [0.5, 0.6) is 11.5 Å². The first-order valence-electron chi connectivity index (χ1n) is 26.0. The van der Waals surface area contributed by atoms with Crippen molar-refractivity contribution in [3.05, 3.63) is 212 Å². The van der Waals surface area contributed by atoms with Gasteiger partial charge in [0.15, 0.2) is 0 Å². The number of hydrogen-bond acceptors (Lipinski definition) is 3. The van der Waals surface area contributed by atoms with Crippen LogP contribution < -0.4 is 9.64 Å². The van der Waals surface area contributed by atoms with E-state index in [-0.39, 0.29) is 26.5 Å². The third-order valence-corrected chi connectivity index (χ3v) is 13.7. The van der Waals surface area contributed by atoms with Gasteiger partial charge in [-0.2, -0.15) is 12.1 Å². The van der Waals surface area contributed by atoms with Crippen molar-refractivity contribution in [1.29, 1.82) is 0 Å². The number of benzene rings is 8. The van der Waals surface area contributed by atoms with Crippen LogP contribution in [0.1, 0.15) is 82.1 Å². The molecule has 0 spiro atoms. The zero-order valence-electron chi connectivity index (χ0n) is 44.8. The molecule has 0 unspecified atom stereocenters. The van der Waals surface area contributed by atoms with Gasteiger partial charge in [0, 0.05) is 54.1 Å². The van der Waals surface area contributed by atoms with Crippen molar-refractivity contribution in [2.45, 2.75) is 73.1 Å². The third-order valence-electron chi connectivity index (χ3n) is 13.7. The molecule has 0 fully saturated rings. The van der Waals surface area contributed by atoms with Crippen molar-refractivity contribution < 1.29 is 29.9 Å². The van der Waals surface area contributed by atoms with E-state index < -0.39 is 17.7 Å². The Morgan fingerprint density at radius 2 is 1.25 bits per heavy atom. The molecule has 0 amide bonds. The second-order valence-electron chi connectivity index (χ2n) is 21.1. The van der Waals surface area contributed by atoms with E-state index in [1.165, 1.54) is 0 Å². The minimum absolute atomic E-state index is 0. The summed E-state index contributed by atoms with van der Waals surface area (Å²) < 4.78 is 39.1. The number of aromatic nitrogens is 3. The SMILES string of the molecule is [2H]C(C)(C)c1ccnc(-n2c3[c-]c(Oc4[c-]c(N5[CH-]n6c7c(-c8cc(C(C)(C)C)cc(C([2H])([2H])C(C)(C)C)c8)cccc7c7ccccc7c7ccccc7c7cccc5c76)ccc4)ccc3c3ccccc32)c1.[Pt]. The molecule has 6 heteroatoms. The zero-order chi connectivity index (χ0) is 51.5. The summed E-state index contributed by atoms with van der Waals surface area (Å²) in [7, 11) is 0. The Balaban J connectivity index is 0.00000602. The van der Waals surface area contributed by atoms with Crippen LogP contribution in [0.15, 0.2) is 176 Å². The Morgan fingerprint density at radius 3 is 1.94 bits per heavy atom. The molecule has 0 atom stereocenters. The maximum absolute atomic E-state index is 9.57. The minimum Gasteiger partial charge on any atom is -0.509 e. The van der Waals surface area contributed by atoms with Crippen LogP contribution in [0.25, 0.3) is 82.1 Å². The summed E-state index contributed by atoms with van der Waals surface area (Å²) in [5, 5.41) is 8.75. The molecular weight excluding hydrogens is 1060 g/mol. The van der Waals surface area contributed by atoms with Gasteiger partial charge in [0.1, 0.15) is 5.82 Å². The van der Waals surface area contributed by atoms with Crippen molar-refractivity contribution in [2.75, 3.05) is 4.90 Å². The summed E-state index contributed by atoms with van der Waals surface area (Å²) in [4.78, 5) is 7.01. The summed E-state index contributed by atoms with van der Waals surface area (Å²) in [6, 6.07) is 66.4. The molecule has 8 aromatic carbocycles. The fourth-order valence-corrected chi connectivity index (χ4v) is 10.5. The van der Waals surface area contributed by atoms with E-state index in [0.717, 1.165) is 98.8 Å². The van der Waals surface area contributed by atoms with Crippen LogP contribution in [0.4, 0.5) is 11.4 Å². The van der Waals surface area contributed by atoms with Crippen LogP contribution in [-0.2, 0) is 32.9 Å². The predicted molar refractivity (Wildman–Crippen MR) is 298 cm³/mol. The van der Waals surface area contributed by atoms with Crippen molar-refractivity contribution in [3.8, 4) is 28.4 Å². The topological polar surface area (TPSA) is 35.2 Å². The zero-order valence-corrected chi connectivity index (χ0v) is 44.1. The van der Waals surface area contributed by atoms with Crippen LogP contribution >= 0.6 is 0 Å². The van der Waals surface area contributed by atoms with Gasteiger partial charge in [-0.15, -0.1) is 35.7 Å². The third kappa shape index (κ3) is 8.28. The smallest absolute Gasteiger partial charge is 0.135 e. The van der Waals surface area contributed by atoms with Crippen molar-refractivity contribution in [3.63, 3.8) is 0 Å². The quantitative estimate of drug-likeness (QED) is 0.149. The van der Waals surface area contributed by atoms with Crippen LogP contribution in [0, 0.1) is 24.2 Å². The van der Waals surface area contributed by atoms with Gasteiger partial charge in [0.2, 0.25) is 0 Å². The van der Waals surface area contributed by atoms with Gasteiger partial charge in [-0.05, 0) is 131 Å². The largest absolute Gasteiger partial charge is 0.509 e. The van der Waals surface area contributed by atoms with Gasteiger partial charge < -0.3 is 18.8 Å². The number of hydrogen-bond donors (Lipinski definition) is 0. The van der Waals surface area contributed by atoms with E-state index in [2.05, 4.69) is 181 Å². The predicted octanol–water partition coefficient (Wildman–Crippen LogP) is 17.9. The first kappa shape index (κ1) is 43.5. The molecule has 0 bridgehead atoms. The van der Waals surface area contributed by atoms with E-state index in [1.807, 2.05) is 77.1 Å². The van der Waals surface area contributed by atoms with Crippen LogP contribution in [0.3, 0.4) is 0 Å². The number of fused-ring (bicyclic) bond motifs is 10. The molecule has 72 heavy (non-hydrogen) atoms. The number of pyridine rings is 1. The summed E-state index contributed by atoms with van der Waals surface area (Å²) in [6.07, 6.45) is 0.153. The first-order valence-corrected chi connectivity index (χ1v) is 24.5. The molecular formula is C66H57N4OPt-3. The van der Waals surface area contributed by atoms with E-state index >= 15 is 0 Å². The average molecular weight is 1120 g/mol. The Labute approximate surface area is 441 Å². The second kappa shape index (κ2) is 18.1. The molecule has 0 N–H and O–H groups in total. The molecule has 1 aliphatic rings. The summed E-state index contributed by atoms with van der Waals surface area (Å²) >= 11 is 0. The standard InChI is InChI=1S/C66H57N4O.Pt/c1-42(2)44-32-33-67-62(37-44)70-59-28-14-13-24-55(59)56-31-30-49(39-61(56)70)71-48-19-15-18-47(38-48)68-41-69-63-50(45-34-43(40-65(3,4)5)35-46(36-45)66(6,7)8)25-16-26-57(63)53-22-11-9-20-51(53)52-21-10-12-23-54(52)58-27-17-29-60(68)64(58)69;/h9-37,41-42H,40H2,1-8H3;/q-3;/i40D2,42D;. The Morgan fingerprint density at radius 1 is 0.625 bits per heavy atom. The van der Waals surface area contributed by atoms with Crippen molar-refractivity contribution in [1.82, 2.24) is 14.1 Å². The molecule has 0 saturated carbocycles. The van der Waals surface area contributed by atoms with Gasteiger partial charge in [-0.25, -0.2) is 4.98 Å². The van der Waals surface area contributed by atoms with Gasteiger partial charge in [-0.3, -0.25) is 0 Å².